The molecule has 10 heavy (non-hydrogen) atoms. The minimum atomic E-state index is 0.449. The van der Waals surface area contributed by atoms with Crippen molar-refractivity contribution in [2.75, 3.05) is 7.05 Å². The Hall–Kier alpha value is -0.700. The molecule has 0 bridgehead atoms. The van der Waals surface area contributed by atoms with Gasteiger partial charge in [0, 0.05) is 7.05 Å². The van der Waals surface area contributed by atoms with Crippen LogP contribution in [-0.2, 0) is 0 Å². The molecule has 0 spiro atoms. The van der Waals surface area contributed by atoms with E-state index in [-0.39, 0.29) is 0 Å². The van der Waals surface area contributed by atoms with E-state index >= 15 is 0 Å². The Bertz CT molecular complexity index is 162. The largest absolute Gasteiger partial charge is 0.384 e. The molecule has 0 saturated heterocycles. The second-order valence-corrected chi connectivity index (χ2v) is 2.72. The van der Waals surface area contributed by atoms with E-state index in [0.717, 1.165) is 12.2 Å². The molecule has 1 aliphatic heterocycles. The Morgan fingerprint density at radius 2 is 2.30 bits per heavy atom. The fourth-order valence-corrected chi connectivity index (χ4v) is 1.24. The van der Waals surface area contributed by atoms with Gasteiger partial charge in [0.1, 0.15) is 5.82 Å². The third-order valence-electron chi connectivity index (χ3n) is 2.05. The third kappa shape index (κ3) is 0.968. The number of nitrogens with zero attached hydrogens (tertiary/aromatic N) is 1. The van der Waals surface area contributed by atoms with Crippen LogP contribution in [0.1, 0.15) is 20.3 Å². The highest BCUT2D eigenvalue weighted by Crippen LogP contribution is 2.16. The molecule has 3 heteroatoms. The maximum absolute atomic E-state index is 5.73. The van der Waals surface area contributed by atoms with Gasteiger partial charge in [-0.2, -0.15) is 0 Å². The van der Waals surface area contributed by atoms with Gasteiger partial charge in [-0.15, -0.1) is 0 Å². The average molecular weight is 141 g/mol. The van der Waals surface area contributed by atoms with E-state index in [1.165, 1.54) is 5.57 Å². The minimum Gasteiger partial charge on any atom is -0.384 e. The van der Waals surface area contributed by atoms with Gasteiger partial charge in [0.25, 0.3) is 0 Å². The molecule has 3 N–H and O–H groups in total. The van der Waals surface area contributed by atoms with Crippen LogP contribution >= 0.6 is 0 Å². The lowest BCUT2D eigenvalue weighted by Crippen LogP contribution is -2.35. The number of hydrogen-bond donors (Lipinski definition) is 2. The van der Waals surface area contributed by atoms with Crippen molar-refractivity contribution in [1.82, 2.24) is 10.4 Å². The molecule has 0 saturated carbocycles. The lowest BCUT2D eigenvalue weighted by atomic mass is 10.1. The summed E-state index contributed by atoms with van der Waals surface area (Å²) < 4.78 is 0. The molecule has 1 atom stereocenters. The van der Waals surface area contributed by atoms with Gasteiger partial charge < -0.3 is 5.73 Å². The van der Waals surface area contributed by atoms with E-state index in [1.54, 1.807) is 0 Å². The van der Waals surface area contributed by atoms with Crippen molar-refractivity contribution in [3.8, 4) is 0 Å². The van der Waals surface area contributed by atoms with Crippen LogP contribution in [0, 0.1) is 0 Å². The van der Waals surface area contributed by atoms with E-state index in [2.05, 4.69) is 19.3 Å². The number of nitrogens with one attached hydrogen (secondary N) is 1. The lowest BCUT2D eigenvalue weighted by molar-refractivity contribution is 0.302. The van der Waals surface area contributed by atoms with Gasteiger partial charge >= 0.3 is 0 Å². The Kier molecular flexibility index (Phi) is 1.85. The fraction of sp³-hybridized carbons (Fsp3) is 0.714. The fourth-order valence-electron chi connectivity index (χ4n) is 1.24. The van der Waals surface area contributed by atoms with Gasteiger partial charge in [-0.3, -0.25) is 5.01 Å². The van der Waals surface area contributed by atoms with E-state index in [0.29, 0.717) is 6.04 Å². The van der Waals surface area contributed by atoms with E-state index in [9.17, 15) is 0 Å². The van der Waals surface area contributed by atoms with Crippen molar-refractivity contribution >= 4 is 0 Å². The Morgan fingerprint density at radius 3 is 2.50 bits per heavy atom. The Morgan fingerprint density at radius 1 is 1.70 bits per heavy atom. The summed E-state index contributed by atoms with van der Waals surface area (Å²) in [6, 6.07) is 0.449. The minimum absolute atomic E-state index is 0.449. The van der Waals surface area contributed by atoms with Crippen LogP contribution in [0.5, 0.6) is 0 Å². The Balaban J connectivity index is 2.73. The molecule has 1 unspecified atom stereocenters. The molecule has 0 amide bonds. The highest BCUT2D eigenvalue weighted by molar-refractivity contribution is 5.18. The molecule has 0 fully saturated rings. The molecule has 58 valence electrons. The predicted octanol–water partition coefficient (Wildman–Crippen LogP) is 0.405. The second kappa shape index (κ2) is 2.50. The zero-order valence-corrected chi connectivity index (χ0v) is 6.81. The molecule has 0 aromatic rings. The monoisotopic (exact) mass is 141 g/mol. The van der Waals surface area contributed by atoms with Crippen LogP contribution in [0.4, 0.5) is 0 Å². The van der Waals surface area contributed by atoms with Crippen LogP contribution in [0.3, 0.4) is 0 Å². The highest BCUT2D eigenvalue weighted by atomic mass is 15.5. The van der Waals surface area contributed by atoms with Gasteiger partial charge in [-0.1, -0.05) is 6.92 Å². The highest BCUT2D eigenvalue weighted by Gasteiger charge is 2.21. The lowest BCUT2D eigenvalue weighted by Gasteiger charge is -2.14. The first-order valence-corrected chi connectivity index (χ1v) is 3.63. The maximum atomic E-state index is 5.73. The summed E-state index contributed by atoms with van der Waals surface area (Å²) in [6.07, 6.45) is 1.09. The van der Waals surface area contributed by atoms with Gasteiger partial charge in [-0.05, 0) is 18.9 Å². The summed E-state index contributed by atoms with van der Waals surface area (Å²) in [5.41, 5.74) is 10.2. The van der Waals surface area contributed by atoms with Crippen LogP contribution < -0.4 is 11.2 Å². The first kappa shape index (κ1) is 7.41. The quantitative estimate of drug-likeness (QED) is 0.555. The molecular formula is C7H15N3. The zero-order valence-electron chi connectivity index (χ0n) is 6.81. The topological polar surface area (TPSA) is 41.3 Å². The average Bonchev–Trinajstić information content (AvgIpc) is 2.17. The molecule has 0 radical (unpaired) electrons. The predicted molar refractivity (Wildman–Crippen MR) is 41.9 cm³/mol. The van der Waals surface area contributed by atoms with Gasteiger partial charge in [-0.25, -0.2) is 5.43 Å². The second-order valence-electron chi connectivity index (χ2n) is 2.72. The Labute approximate surface area is 61.9 Å². The molecule has 0 aromatic heterocycles. The van der Waals surface area contributed by atoms with E-state index < -0.39 is 0 Å². The molecule has 0 aromatic carbocycles. The standard InChI is InChI=1S/C7H15N3/c1-4-6-5(2)7(8)10(3)9-6/h6,9H,4,8H2,1-3H3. The van der Waals surface area contributed by atoms with Crippen molar-refractivity contribution in [3.63, 3.8) is 0 Å². The molecule has 0 aliphatic carbocycles. The van der Waals surface area contributed by atoms with Crippen LogP contribution in [0.15, 0.2) is 11.4 Å². The molecule has 3 nitrogen and oxygen atoms in total. The van der Waals surface area contributed by atoms with Crippen molar-refractivity contribution in [3.05, 3.63) is 11.4 Å². The van der Waals surface area contributed by atoms with E-state index in [4.69, 9.17) is 5.73 Å². The third-order valence-corrected chi connectivity index (χ3v) is 2.05. The van der Waals surface area contributed by atoms with Gasteiger partial charge in [0.15, 0.2) is 0 Å². The molecular weight excluding hydrogens is 126 g/mol. The summed E-state index contributed by atoms with van der Waals surface area (Å²) in [5.74, 6) is 0.867. The molecule has 1 heterocycles. The summed E-state index contributed by atoms with van der Waals surface area (Å²) in [7, 11) is 1.94. The SMILES string of the molecule is CCC1NN(C)C(N)=C1C. The maximum Gasteiger partial charge on any atom is 0.113 e. The van der Waals surface area contributed by atoms with Crippen molar-refractivity contribution < 1.29 is 0 Å². The van der Waals surface area contributed by atoms with Crippen LogP contribution in [0.25, 0.3) is 0 Å². The molecule has 1 aliphatic rings. The smallest absolute Gasteiger partial charge is 0.113 e. The first-order chi connectivity index (χ1) is 4.66. The summed E-state index contributed by atoms with van der Waals surface area (Å²) >= 11 is 0. The zero-order chi connectivity index (χ0) is 7.72. The van der Waals surface area contributed by atoms with Gasteiger partial charge in [0.2, 0.25) is 0 Å². The molecule has 1 rings (SSSR count). The van der Waals surface area contributed by atoms with Crippen molar-refractivity contribution in [2.45, 2.75) is 26.3 Å². The van der Waals surface area contributed by atoms with Crippen molar-refractivity contribution in [1.29, 1.82) is 0 Å². The van der Waals surface area contributed by atoms with Crippen LogP contribution in [-0.4, -0.2) is 18.1 Å². The van der Waals surface area contributed by atoms with E-state index in [1.807, 2.05) is 12.1 Å². The summed E-state index contributed by atoms with van der Waals surface area (Å²) in [6.45, 7) is 4.22. The number of hydrogen-bond acceptors (Lipinski definition) is 3. The van der Waals surface area contributed by atoms with Gasteiger partial charge in [0.05, 0.1) is 6.04 Å². The summed E-state index contributed by atoms with van der Waals surface area (Å²) in [5, 5.41) is 1.88. The normalized spacial score (nSPS) is 26.3. The number of rotatable bonds is 1. The number of hydrazine groups is 1. The number of nitrogens with two attached hydrogens (primary N) is 1. The summed E-state index contributed by atoms with van der Waals surface area (Å²) in [4.78, 5) is 0. The van der Waals surface area contributed by atoms with Crippen LogP contribution in [0.2, 0.25) is 0 Å². The van der Waals surface area contributed by atoms with Crippen molar-refractivity contribution in [2.24, 2.45) is 5.73 Å². The first-order valence-electron chi connectivity index (χ1n) is 3.63.